The lowest BCUT2D eigenvalue weighted by molar-refractivity contribution is -0.161. The van der Waals surface area contributed by atoms with Crippen LogP contribution in [0.15, 0.2) is 170 Å². The fourth-order valence-electron chi connectivity index (χ4n) is 10.2. The molecule has 0 amide bonds. The van der Waals surface area contributed by atoms with Crippen LogP contribution >= 0.6 is 15.6 Å². The van der Waals surface area contributed by atoms with Crippen molar-refractivity contribution in [3.63, 3.8) is 0 Å². The Balaban J connectivity index is 5.45. The molecule has 0 heterocycles. The lowest BCUT2D eigenvalue weighted by atomic mass is 10.1. The zero-order valence-electron chi connectivity index (χ0n) is 65.8. The number of esters is 4. The summed E-state index contributed by atoms with van der Waals surface area (Å²) in [5.41, 5.74) is 0. The Morgan fingerprint density at radius 3 is 0.726 bits per heavy atom. The number of phosphoric ester groups is 2. The molecule has 0 aliphatic heterocycles. The van der Waals surface area contributed by atoms with Crippen molar-refractivity contribution in [3.8, 4) is 0 Å². The van der Waals surface area contributed by atoms with Gasteiger partial charge in [-0.05, 0) is 167 Å². The number of ether oxygens (including phenoxy) is 4. The van der Waals surface area contributed by atoms with Gasteiger partial charge < -0.3 is 33.8 Å². The monoisotopic (exact) mass is 1520 g/mol. The summed E-state index contributed by atoms with van der Waals surface area (Å²) < 4.78 is 68.6. The third-order valence-corrected chi connectivity index (χ3v) is 18.1. The van der Waals surface area contributed by atoms with Crippen LogP contribution in [0.1, 0.15) is 297 Å². The van der Waals surface area contributed by atoms with Gasteiger partial charge in [0.15, 0.2) is 12.2 Å². The zero-order chi connectivity index (χ0) is 77.4. The highest BCUT2D eigenvalue weighted by Crippen LogP contribution is 2.45. The van der Waals surface area contributed by atoms with E-state index in [-0.39, 0.29) is 25.7 Å². The van der Waals surface area contributed by atoms with Gasteiger partial charge in [0, 0.05) is 25.7 Å². The Morgan fingerprint density at radius 2 is 0.462 bits per heavy atom. The molecule has 0 aliphatic rings. The molecule has 5 unspecified atom stereocenters. The second-order valence-corrected chi connectivity index (χ2v) is 29.1. The number of hydrogen-bond donors (Lipinski definition) is 3. The lowest BCUT2D eigenvalue weighted by Crippen LogP contribution is -2.30. The molecule has 5 atom stereocenters. The molecule has 0 saturated carbocycles. The topological polar surface area (TPSA) is 237 Å². The maximum Gasteiger partial charge on any atom is 0.472 e. The van der Waals surface area contributed by atoms with Crippen LogP contribution in [0.3, 0.4) is 0 Å². The highest BCUT2D eigenvalue weighted by atomic mass is 31.2. The maximum absolute atomic E-state index is 13.1. The van der Waals surface area contributed by atoms with Gasteiger partial charge in [-0.3, -0.25) is 37.3 Å². The van der Waals surface area contributed by atoms with E-state index < -0.39 is 97.5 Å². The molecule has 0 bridgehead atoms. The van der Waals surface area contributed by atoms with Gasteiger partial charge in [0.1, 0.15) is 19.3 Å². The number of rotatable bonds is 74. The van der Waals surface area contributed by atoms with Crippen molar-refractivity contribution < 1.29 is 80.2 Å². The van der Waals surface area contributed by atoms with E-state index in [0.717, 1.165) is 212 Å². The molecule has 0 fully saturated rings. The van der Waals surface area contributed by atoms with Crippen LogP contribution < -0.4 is 0 Å². The summed E-state index contributed by atoms with van der Waals surface area (Å²) in [7, 11) is -10.0. The van der Waals surface area contributed by atoms with Gasteiger partial charge in [-0.25, -0.2) is 9.13 Å². The second-order valence-electron chi connectivity index (χ2n) is 26.2. The number of carbonyl (C=O) groups is 4. The first-order valence-corrected chi connectivity index (χ1v) is 43.4. The van der Waals surface area contributed by atoms with Gasteiger partial charge >= 0.3 is 39.5 Å². The van der Waals surface area contributed by atoms with Crippen LogP contribution in [0.4, 0.5) is 0 Å². The number of carbonyl (C=O) groups excluding carboxylic acids is 4. The minimum Gasteiger partial charge on any atom is -0.462 e. The van der Waals surface area contributed by atoms with E-state index in [9.17, 15) is 43.2 Å². The lowest BCUT2D eigenvalue weighted by Gasteiger charge is -2.21. The third kappa shape index (κ3) is 76.6. The normalized spacial score (nSPS) is 14.7. The molecule has 3 N–H and O–H groups in total. The summed E-state index contributed by atoms with van der Waals surface area (Å²) in [6.07, 6.45) is 91.8. The Bertz CT molecular complexity index is 2680. The van der Waals surface area contributed by atoms with Crippen LogP contribution in [0, 0.1) is 0 Å². The largest absolute Gasteiger partial charge is 0.472 e. The van der Waals surface area contributed by atoms with Gasteiger partial charge in [-0.2, -0.15) is 0 Å². The predicted molar refractivity (Wildman–Crippen MR) is 436 cm³/mol. The first-order valence-electron chi connectivity index (χ1n) is 40.4. The van der Waals surface area contributed by atoms with E-state index in [4.69, 9.17) is 37.0 Å². The molecule has 0 aromatic rings. The van der Waals surface area contributed by atoms with Gasteiger partial charge in [-0.1, -0.05) is 275 Å². The molecule has 19 heteroatoms. The Kier molecular flexibility index (Phi) is 73.5. The number of aliphatic hydroxyl groups is 1. The highest BCUT2D eigenvalue weighted by molar-refractivity contribution is 7.47. The standard InChI is InChI=1S/C87H142O17P2/c1-5-9-13-17-21-25-29-33-37-40-44-47-51-55-59-63-67-71-84(89)97-77-82(103-86(91)73-69-65-61-57-53-49-43-36-32-28-24-20-16-12-8-4)79-101-105(93,94)99-75-81(88)76-100-106(95,96)102-80-83(104-87(92)74-70-66-62-58-54-50-46-42-39-35-31-27-23-19-15-11-7-3)78-98-85(90)72-68-64-60-56-52-48-45-41-38-34-30-26-22-18-14-10-6-2/h9-16,21-28,33-39,43,45,48,53,57,81-83,88H,5-8,17-20,29-32,40-42,44,46-47,49-52,54-56,58-80H2,1-4H3,(H,93,94)(H,95,96)/b13-9-,14-10-,15-11-,16-12-,25-21-,26-22-,27-23-,28-24-,37-33-,38-34-,39-35-,43-36-,48-45-,57-53-. The summed E-state index contributed by atoms with van der Waals surface area (Å²) in [6, 6.07) is 0. The van der Waals surface area contributed by atoms with E-state index in [1.807, 2.05) is 0 Å². The van der Waals surface area contributed by atoms with E-state index in [1.165, 1.54) is 0 Å². The van der Waals surface area contributed by atoms with Crippen molar-refractivity contribution in [2.24, 2.45) is 0 Å². The van der Waals surface area contributed by atoms with Crippen molar-refractivity contribution in [2.45, 2.75) is 316 Å². The average Bonchev–Trinajstić information content (AvgIpc) is 0.902. The fraction of sp³-hybridized carbons (Fsp3) is 0.632. The first kappa shape index (κ1) is 100. The molecule has 0 radical (unpaired) electrons. The predicted octanol–water partition coefficient (Wildman–Crippen LogP) is 23.8. The van der Waals surface area contributed by atoms with Crippen LogP contribution in [0.5, 0.6) is 0 Å². The minimum absolute atomic E-state index is 0.0344. The van der Waals surface area contributed by atoms with E-state index in [1.54, 1.807) is 0 Å². The summed E-state index contributed by atoms with van der Waals surface area (Å²) in [6.45, 7) is 4.33. The summed E-state index contributed by atoms with van der Waals surface area (Å²) >= 11 is 0. The molecule has 0 aliphatic carbocycles. The van der Waals surface area contributed by atoms with Crippen LogP contribution in [0.2, 0.25) is 0 Å². The van der Waals surface area contributed by atoms with Crippen LogP contribution in [-0.2, 0) is 65.4 Å². The molecule has 0 aromatic carbocycles. The Morgan fingerprint density at radius 1 is 0.264 bits per heavy atom. The highest BCUT2D eigenvalue weighted by Gasteiger charge is 2.30. The Labute approximate surface area is 642 Å². The first-order chi connectivity index (χ1) is 51.7. The molecular formula is C87H142O17P2. The average molecular weight is 1520 g/mol. The molecule has 17 nitrogen and oxygen atoms in total. The second kappa shape index (κ2) is 77.6. The SMILES string of the molecule is CC/C=C\C/C=C\C/C=C\C/C=C\CCCCCCC(=O)OCC(COP(=O)(O)OCC(O)COP(=O)(O)OCC(COC(=O)CCCCCCCCC/C=C\C/C=C\C/C=C\CC)OC(=O)CCCC/C=C\C/C=C\C/C=C\C/C=C\CC)OC(=O)CCCCCCCCC/C=C\C/C=C\C/C=C\CC. The van der Waals surface area contributed by atoms with Crippen molar-refractivity contribution in [3.05, 3.63) is 170 Å². The molecular weight excluding hydrogens is 1380 g/mol. The number of hydrogen-bond acceptors (Lipinski definition) is 15. The molecule has 0 spiro atoms. The molecule has 106 heavy (non-hydrogen) atoms. The van der Waals surface area contributed by atoms with E-state index in [0.29, 0.717) is 32.1 Å². The summed E-state index contributed by atoms with van der Waals surface area (Å²) in [4.78, 5) is 73.1. The molecule has 0 saturated heterocycles. The van der Waals surface area contributed by atoms with Gasteiger partial charge in [0.25, 0.3) is 0 Å². The zero-order valence-corrected chi connectivity index (χ0v) is 67.6. The molecule has 0 rings (SSSR count). The number of phosphoric acid groups is 2. The van der Waals surface area contributed by atoms with Crippen molar-refractivity contribution in [1.82, 2.24) is 0 Å². The summed E-state index contributed by atoms with van der Waals surface area (Å²) in [5, 5.41) is 10.7. The van der Waals surface area contributed by atoms with Crippen molar-refractivity contribution in [1.29, 1.82) is 0 Å². The number of allylic oxidation sites excluding steroid dienone is 28. The molecule has 602 valence electrons. The smallest absolute Gasteiger partial charge is 0.462 e. The van der Waals surface area contributed by atoms with Crippen molar-refractivity contribution >= 4 is 39.5 Å². The summed E-state index contributed by atoms with van der Waals surface area (Å²) in [5.74, 6) is -2.28. The minimum atomic E-state index is -5.00. The molecule has 0 aromatic heterocycles. The fourth-order valence-corrected chi connectivity index (χ4v) is 11.8. The van der Waals surface area contributed by atoms with E-state index in [2.05, 4.69) is 198 Å². The van der Waals surface area contributed by atoms with Crippen LogP contribution in [0.25, 0.3) is 0 Å². The van der Waals surface area contributed by atoms with Gasteiger partial charge in [-0.15, -0.1) is 0 Å². The van der Waals surface area contributed by atoms with Gasteiger partial charge in [0.2, 0.25) is 0 Å². The van der Waals surface area contributed by atoms with Gasteiger partial charge in [0.05, 0.1) is 26.4 Å². The van der Waals surface area contributed by atoms with Crippen molar-refractivity contribution in [2.75, 3.05) is 39.6 Å². The maximum atomic E-state index is 13.1. The Hall–Kier alpha value is -5.58. The number of aliphatic hydroxyl groups excluding tert-OH is 1. The number of unbranched alkanes of at least 4 members (excludes halogenated alkanes) is 20. The van der Waals surface area contributed by atoms with Crippen LogP contribution in [-0.4, -0.2) is 96.7 Å². The quantitative estimate of drug-likeness (QED) is 0.0169. The van der Waals surface area contributed by atoms with E-state index >= 15 is 0 Å². The third-order valence-electron chi connectivity index (χ3n) is 16.2.